The summed E-state index contributed by atoms with van der Waals surface area (Å²) in [6.07, 6.45) is 0. The van der Waals surface area contributed by atoms with Crippen molar-refractivity contribution in [3.8, 4) is 11.5 Å². The highest BCUT2D eigenvalue weighted by Gasteiger charge is 2.14. The van der Waals surface area contributed by atoms with E-state index in [2.05, 4.69) is 20.3 Å². The zero-order valence-corrected chi connectivity index (χ0v) is 16.6. The van der Waals surface area contributed by atoms with Gasteiger partial charge in [-0.25, -0.2) is 4.79 Å². The zero-order chi connectivity index (χ0) is 20.1. The second-order valence-electron chi connectivity index (χ2n) is 5.76. The number of aromatic nitrogens is 2. The van der Waals surface area contributed by atoms with Crippen LogP contribution in [0.15, 0.2) is 52.1 Å². The van der Waals surface area contributed by atoms with Gasteiger partial charge in [-0.2, -0.15) is 0 Å². The van der Waals surface area contributed by atoms with Crippen molar-refractivity contribution in [3.05, 3.63) is 58.6 Å². The summed E-state index contributed by atoms with van der Waals surface area (Å²) in [4.78, 5) is 23.8. The number of methoxy groups -OCH3 is 1. The van der Waals surface area contributed by atoms with E-state index in [1.54, 1.807) is 6.07 Å². The first kappa shape index (κ1) is 19.9. The standard InChI is InChI=1S/C19H16ClN3O4S/c1-11-3-5-12(6-4-11)17-22-23-19(27-17)28-10-16(24)21-13-7-8-15(20)14(9-13)18(25)26-2/h3-9H,10H2,1-2H3,(H,21,24). The van der Waals surface area contributed by atoms with E-state index in [4.69, 9.17) is 16.0 Å². The maximum atomic E-state index is 12.2. The number of aryl methyl sites for hydroxylation is 1. The molecular weight excluding hydrogens is 402 g/mol. The number of esters is 1. The number of carbonyl (C=O) groups is 2. The maximum absolute atomic E-state index is 12.2. The summed E-state index contributed by atoms with van der Waals surface area (Å²) in [6.45, 7) is 1.99. The Morgan fingerprint density at radius 1 is 1.18 bits per heavy atom. The molecule has 0 saturated heterocycles. The van der Waals surface area contributed by atoms with Crippen LogP contribution in [-0.2, 0) is 9.53 Å². The first-order valence-electron chi connectivity index (χ1n) is 8.17. The molecule has 3 aromatic rings. The van der Waals surface area contributed by atoms with E-state index in [9.17, 15) is 9.59 Å². The fraction of sp³-hybridized carbons (Fsp3) is 0.158. The molecule has 1 aromatic heterocycles. The molecule has 144 valence electrons. The van der Waals surface area contributed by atoms with Crippen LogP contribution in [0.4, 0.5) is 5.69 Å². The predicted octanol–water partition coefficient (Wildman–Crippen LogP) is 4.22. The molecule has 0 fully saturated rings. The van der Waals surface area contributed by atoms with E-state index in [0.717, 1.165) is 22.9 Å². The lowest BCUT2D eigenvalue weighted by atomic mass is 10.1. The van der Waals surface area contributed by atoms with E-state index in [1.807, 2.05) is 31.2 Å². The van der Waals surface area contributed by atoms with E-state index in [-0.39, 0.29) is 27.5 Å². The predicted molar refractivity (Wildman–Crippen MR) is 107 cm³/mol. The molecule has 0 aliphatic carbocycles. The van der Waals surface area contributed by atoms with Crippen LogP contribution in [0.3, 0.4) is 0 Å². The maximum Gasteiger partial charge on any atom is 0.339 e. The Balaban J connectivity index is 1.59. The molecule has 0 atom stereocenters. The Labute approximate surface area is 170 Å². The SMILES string of the molecule is COC(=O)c1cc(NC(=O)CSc2nnc(-c3ccc(C)cc3)o2)ccc1Cl. The van der Waals surface area contributed by atoms with Crippen LogP contribution in [0.2, 0.25) is 5.02 Å². The fourth-order valence-electron chi connectivity index (χ4n) is 2.27. The molecule has 0 unspecified atom stereocenters. The van der Waals surface area contributed by atoms with Crippen LogP contribution in [0, 0.1) is 6.92 Å². The van der Waals surface area contributed by atoms with Crippen LogP contribution in [0.5, 0.6) is 0 Å². The normalized spacial score (nSPS) is 10.5. The molecule has 28 heavy (non-hydrogen) atoms. The number of hydrogen-bond acceptors (Lipinski definition) is 7. The van der Waals surface area contributed by atoms with Gasteiger partial charge in [0, 0.05) is 11.3 Å². The Morgan fingerprint density at radius 2 is 1.93 bits per heavy atom. The number of rotatable bonds is 6. The van der Waals surface area contributed by atoms with Gasteiger partial charge in [-0.1, -0.05) is 41.1 Å². The highest BCUT2D eigenvalue weighted by molar-refractivity contribution is 7.99. The number of anilines is 1. The number of hydrogen-bond donors (Lipinski definition) is 1. The summed E-state index contributed by atoms with van der Waals surface area (Å²) >= 11 is 7.08. The molecule has 7 nitrogen and oxygen atoms in total. The molecule has 0 bridgehead atoms. The number of thioether (sulfide) groups is 1. The van der Waals surface area contributed by atoms with Crippen molar-refractivity contribution in [2.24, 2.45) is 0 Å². The van der Waals surface area contributed by atoms with E-state index in [1.165, 1.54) is 19.2 Å². The Bertz CT molecular complexity index is 1000. The van der Waals surface area contributed by atoms with Gasteiger partial charge in [-0.3, -0.25) is 4.79 Å². The number of nitrogens with one attached hydrogen (secondary N) is 1. The Kier molecular flexibility index (Phi) is 6.33. The molecule has 1 N–H and O–H groups in total. The van der Waals surface area contributed by atoms with Crippen molar-refractivity contribution in [2.75, 3.05) is 18.2 Å². The summed E-state index contributed by atoms with van der Waals surface area (Å²) in [5, 5.41) is 11.2. The monoisotopic (exact) mass is 417 g/mol. The minimum atomic E-state index is -0.579. The van der Waals surface area contributed by atoms with Gasteiger partial charge < -0.3 is 14.5 Å². The zero-order valence-electron chi connectivity index (χ0n) is 15.1. The lowest BCUT2D eigenvalue weighted by Gasteiger charge is -2.07. The van der Waals surface area contributed by atoms with Crippen LogP contribution >= 0.6 is 23.4 Å². The van der Waals surface area contributed by atoms with Gasteiger partial charge in [0.1, 0.15) is 0 Å². The topological polar surface area (TPSA) is 94.3 Å². The first-order valence-corrected chi connectivity index (χ1v) is 9.53. The van der Waals surface area contributed by atoms with Gasteiger partial charge in [0.2, 0.25) is 11.8 Å². The Hall–Kier alpha value is -2.84. The molecule has 2 aromatic carbocycles. The average molecular weight is 418 g/mol. The number of halogens is 1. The van der Waals surface area contributed by atoms with Crippen molar-refractivity contribution in [2.45, 2.75) is 12.1 Å². The largest absolute Gasteiger partial charge is 0.465 e. The minimum absolute atomic E-state index is 0.0612. The van der Waals surface area contributed by atoms with Gasteiger partial charge in [0.05, 0.1) is 23.4 Å². The number of benzene rings is 2. The molecule has 9 heteroatoms. The number of nitrogens with zero attached hydrogens (tertiary/aromatic N) is 2. The quantitative estimate of drug-likeness (QED) is 0.474. The second kappa shape index (κ2) is 8.90. The van der Waals surface area contributed by atoms with Crippen molar-refractivity contribution >= 4 is 40.9 Å². The lowest BCUT2D eigenvalue weighted by Crippen LogP contribution is -2.14. The van der Waals surface area contributed by atoms with Gasteiger partial charge >= 0.3 is 5.97 Å². The third kappa shape index (κ3) is 4.90. The molecule has 0 aliphatic rings. The minimum Gasteiger partial charge on any atom is -0.465 e. The summed E-state index contributed by atoms with van der Waals surface area (Å²) in [5.41, 5.74) is 2.55. The third-order valence-electron chi connectivity index (χ3n) is 3.69. The van der Waals surface area contributed by atoms with Crippen molar-refractivity contribution in [3.63, 3.8) is 0 Å². The highest BCUT2D eigenvalue weighted by Crippen LogP contribution is 2.24. The van der Waals surface area contributed by atoms with E-state index < -0.39 is 5.97 Å². The molecule has 0 saturated carbocycles. The lowest BCUT2D eigenvalue weighted by molar-refractivity contribution is -0.113. The smallest absolute Gasteiger partial charge is 0.339 e. The summed E-state index contributed by atoms with van der Waals surface area (Å²) in [7, 11) is 1.26. The molecule has 0 spiro atoms. The molecule has 0 radical (unpaired) electrons. The van der Waals surface area contributed by atoms with Gasteiger partial charge in [0.25, 0.3) is 5.22 Å². The number of ether oxygens (including phenoxy) is 1. The van der Waals surface area contributed by atoms with Crippen LogP contribution < -0.4 is 5.32 Å². The van der Waals surface area contributed by atoms with Crippen molar-refractivity contribution in [1.29, 1.82) is 0 Å². The molecular formula is C19H16ClN3O4S. The third-order valence-corrected chi connectivity index (χ3v) is 4.84. The summed E-state index contributed by atoms with van der Waals surface area (Å²) in [6, 6.07) is 12.3. The fourth-order valence-corrected chi connectivity index (χ4v) is 3.03. The van der Waals surface area contributed by atoms with Crippen LogP contribution in [0.1, 0.15) is 15.9 Å². The van der Waals surface area contributed by atoms with Crippen LogP contribution in [-0.4, -0.2) is 34.9 Å². The summed E-state index contributed by atoms with van der Waals surface area (Å²) in [5.74, 6) is -0.419. The van der Waals surface area contributed by atoms with Gasteiger partial charge in [-0.15, -0.1) is 10.2 Å². The number of amides is 1. The molecule has 3 rings (SSSR count). The Morgan fingerprint density at radius 3 is 2.64 bits per heavy atom. The molecule has 1 amide bonds. The van der Waals surface area contributed by atoms with E-state index >= 15 is 0 Å². The first-order chi connectivity index (χ1) is 13.5. The van der Waals surface area contributed by atoms with Crippen LogP contribution in [0.25, 0.3) is 11.5 Å². The van der Waals surface area contributed by atoms with Gasteiger partial charge in [-0.05, 0) is 37.3 Å². The molecule has 1 heterocycles. The average Bonchev–Trinajstić information content (AvgIpc) is 3.17. The molecule has 0 aliphatic heterocycles. The highest BCUT2D eigenvalue weighted by atomic mass is 35.5. The van der Waals surface area contributed by atoms with Crippen molar-refractivity contribution < 1.29 is 18.7 Å². The van der Waals surface area contributed by atoms with Crippen molar-refractivity contribution in [1.82, 2.24) is 10.2 Å². The van der Waals surface area contributed by atoms with E-state index in [0.29, 0.717) is 11.6 Å². The van der Waals surface area contributed by atoms with Gasteiger partial charge in [0.15, 0.2) is 0 Å². The second-order valence-corrected chi connectivity index (χ2v) is 7.10. The number of carbonyl (C=O) groups excluding carboxylic acids is 2. The summed E-state index contributed by atoms with van der Waals surface area (Å²) < 4.78 is 10.2.